The Kier molecular flexibility index (Phi) is 4.75. The molecular weight excluding hydrogens is 222 g/mol. The van der Waals surface area contributed by atoms with Gasteiger partial charge in [-0.25, -0.2) is 9.59 Å². The zero-order valence-corrected chi connectivity index (χ0v) is 9.89. The lowest BCUT2D eigenvalue weighted by Gasteiger charge is -2.27. The Morgan fingerprint density at radius 2 is 2.41 bits per heavy atom. The van der Waals surface area contributed by atoms with Crippen molar-refractivity contribution in [2.45, 2.75) is 19.8 Å². The second-order valence-electron chi connectivity index (χ2n) is 3.79. The van der Waals surface area contributed by atoms with Gasteiger partial charge in [-0.15, -0.1) is 6.58 Å². The molecule has 1 atom stereocenters. The molecule has 0 aromatic heterocycles. The van der Waals surface area contributed by atoms with E-state index in [2.05, 4.69) is 6.58 Å². The van der Waals surface area contributed by atoms with Crippen LogP contribution in [0, 0.1) is 5.92 Å². The van der Waals surface area contributed by atoms with Crippen LogP contribution >= 0.6 is 0 Å². The van der Waals surface area contributed by atoms with Crippen LogP contribution < -0.4 is 0 Å². The number of allylic oxidation sites excluding steroid dienone is 1. The van der Waals surface area contributed by atoms with E-state index in [9.17, 15) is 9.59 Å². The highest BCUT2D eigenvalue weighted by Gasteiger charge is 2.28. The number of amides is 1. The van der Waals surface area contributed by atoms with Crippen LogP contribution in [0.1, 0.15) is 19.8 Å². The van der Waals surface area contributed by atoms with E-state index < -0.39 is 12.1 Å². The first-order valence-corrected chi connectivity index (χ1v) is 5.59. The fourth-order valence-corrected chi connectivity index (χ4v) is 1.82. The van der Waals surface area contributed by atoms with Crippen LogP contribution in [0.5, 0.6) is 0 Å². The van der Waals surface area contributed by atoms with Gasteiger partial charge in [0, 0.05) is 12.7 Å². The summed E-state index contributed by atoms with van der Waals surface area (Å²) in [5.41, 5.74) is 0.417. The molecule has 0 saturated heterocycles. The van der Waals surface area contributed by atoms with Crippen molar-refractivity contribution in [3.63, 3.8) is 0 Å². The Morgan fingerprint density at radius 1 is 1.71 bits per heavy atom. The molecule has 1 rings (SSSR count). The van der Waals surface area contributed by atoms with Crippen molar-refractivity contribution in [3.8, 4) is 0 Å². The van der Waals surface area contributed by atoms with E-state index in [1.54, 1.807) is 13.0 Å². The van der Waals surface area contributed by atoms with Crippen molar-refractivity contribution < 1.29 is 19.4 Å². The van der Waals surface area contributed by atoms with Crippen LogP contribution in [0.2, 0.25) is 0 Å². The van der Waals surface area contributed by atoms with Crippen molar-refractivity contribution in [3.05, 3.63) is 24.4 Å². The molecule has 17 heavy (non-hydrogen) atoms. The van der Waals surface area contributed by atoms with Crippen LogP contribution in [0.25, 0.3) is 0 Å². The molecular formula is C12H17NO4. The molecule has 1 aliphatic rings. The molecule has 0 aromatic carbocycles. The molecule has 0 aromatic rings. The third kappa shape index (κ3) is 3.34. The molecule has 0 saturated carbocycles. The molecule has 94 valence electrons. The molecule has 1 aliphatic heterocycles. The quantitative estimate of drug-likeness (QED) is 0.602. The van der Waals surface area contributed by atoms with E-state index >= 15 is 0 Å². The van der Waals surface area contributed by atoms with Gasteiger partial charge in [-0.1, -0.05) is 6.08 Å². The summed E-state index contributed by atoms with van der Waals surface area (Å²) in [6.45, 7) is 6.04. The largest absolute Gasteiger partial charge is 0.465 e. The van der Waals surface area contributed by atoms with E-state index in [-0.39, 0.29) is 12.5 Å². The summed E-state index contributed by atoms with van der Waals surface area (Å²) < 4.78 is 4.92. The van der Waals surface area contributed by atoms with Crippen molar-refractivity contribution in [1.82, 2.24) is 4.90 Å². The number of nitrogens with zero attached hydrogens (tertiary/aromatic N) is 1. The molecule has 1 amide bonds. The van der Waals surface area contributed by atoms with E-state index in [1.165, 1.54) is 6.20 Å². The number of ether oxygens (including phenoxy) is 1. The Hall–Kier alpha value is -1.78. The molecule has 5 nitrogen and oxygen atoms in total. The van der Waals surface area contributed by atoms with E-state index in [1.807, 2.05) is 0 Å². The van der Waals surface area contributed by atoms with Gasteiger partial charge in [0.05, 0.1) is 12.2 Å². The van der Waals surface area contributed by atoms with E-state index in [0.29, 0.717) is 25.0 Å². The topological polar surface area (TPSA) is 66.8 Å². The predicted octanol–water partition coefficient (Wildman–Crippen LogP) is 2.01. The molecule has 0 fully saturated rings. The lowest BCUT2D eigenvalue weighted by molar-refractivity contribution is -0.139. The van der Waals surface area contributed by atoms with Crippen LogP contribution in [0.3, 0.4) is 0 Å². The second-order valence-corrected chi connectivity index (χ2v) is 3.79. The molecule has 1 unspecified atom stereocenters. The predicted molar refractivity (Wildman–Crippen MR) is 62.4 cm³/mol. The average Bonchev–Trinajstić information content (AvgIpc) is 2.30. The fraction of sp³-hybridized carbons (Fsp3) is 0.500. The maximum absolute atomic E-state index is 11.7. The summed E-state index contributed by atoms with van der Waals surface area (Å²) in [6, 6.07) is 0. The van der Waals surface area contributed by atoms with Crippen molar-refractivity contribution in [2.24, 2.45) is 5.92 Å². The number of hydrogen-bond donors (Lipinski definition) is 1. The first-order chi connectivity index (χ1) is 8.10. The summed E-state index contributed by atoms with van der Waals surface area (Å²) in [6.07, 6.45) is 3.32. The summed E-state index contributed by atoms with van der Waals surface area (Å²) in [7, 11) is 0. The Labute approximate surface area is 100 Å². The Balaban J connectivity index is 2.90. The van der Waals surface area contributed by atoms with Crippen molar-refractivity contribution in [2.75, 3.05) is 13.2 Å². The number of hydrogen-bond acceptors (Lipinski definition) is 3. The van der Waals surface area contributed by atoms with Crippen LogP contribution in [0.4, 0.5) is 4.79 Å². The Bertz CT molecular complexity index is 348. The summed E-state index contributed by atoms with van der Waals surface area (Å²) >= 11 is 0. The third-order valence-electron chi connectivity index (χ3n) is 2.66. The summed E-state index contributed by atoms with van der Waals surface area (Å²) in [5, 5.41) is 8.89. The van der Waals surface area contributed by atoms with Crippen LogP contribution in [-0.4, -0.2) is 35.2 Å². The summed E-state index contributed by atoms with van der Waals surface area (Å²) in [5.74, 6) is -0.438. The van der Waals surface area contributed by atoms with Gasteiger partial charge in [0.15, 0.2) is 0 Å². The maximum atomic E-state index is 11.7. The standard InChI is InChI=1S/C12H17NO4/c1-3-5-9-6-7-13(12(15)16)8-10(9)11(14)17-4-2/h3,8-9H,1,4-7H2,2H3,(H,15,16). The minimum Gasteiger partial charge on any atom is -0.465 e. The fourth-order valence-electron chi connectivity index (χ4n) is 1.82. The monoisotopic (exact) mass is 239 g/mol. The summed E-state index contributed by atoms with van der Waals surface area (Å²) in [4.78, 5) is 23.7. The van der Waals surface area contributed by atoms with Gasteiger partial charge in [-0.2, -0.15) is 0 Å². The van der Waals surface area contributed by atoms with Crippen LogP contribution in [0.15, 0.2) is 24.4 Å². The van der Waals surface area contributed by atoms with Gasteiger partial charge in [-0.3, -0.25) is 4.90 Å². The Morgan fingerprint density at radius 3 is 2.94 bits per heavy atom. The zero-order valence-electron chi connectivity index (χ0n) is 9.89. The first kappa shape index (κ1) is 13.3. The molecule has 1 heterocycles. The third-order valence-corrected chi connectivity index (χ3v) is 2.66. The number of carbonyl (C=O) groups excluding carboxylic acids is 1. The molecule has 1 N–H and O–H groups in total. The van der Waals surface area contributed by atoms with Gasteiger partial charge in [0.2, 0.25) is 0 Å². The molecule has 0 spiro atoms. The highest BCUT2D eigenvalue weighted by Crippen LogP contribution is 2.26. The highest BCUT2D eigenvalue weighted by atomic mass is 16.5. The molecule has 0 aliphatic carbocycles. The van der Waals surface area contributed by atoms with E-state index in [4.69, 9.17) is 9.84 Å². The number of carboxylic acid groups (broad SMARTS) is 1. The molecule has 0 bridgehead atoms. The molecule has 5 heteroatoms. The SMILES string of the molecule is C=CCC1CCN(C(=O)O)C=C1C(=O)OCC. The van der Waals surface area contributed by atoms with Gasteiger partial charge in [-0.05, 0) is 25.7 Å². The second kappa shape index (κ2) is 6.08. The average molecular weight is 239 g/mol. The van der Waals surface area contributed by atoms with Gasteiger partial charge < -0.3 is 9.84 Å². The lowest BCUT2D eigenvalue weighted by Crippen LogP contribution is -2.34. The van der Waals surface area contributed by atoms with Crippen molar-refractivity contribution >= 4 is 12.1 Å². The van der Waals surface area contributed by atoms with Crippen LogP contribution in [-0.2, 0) is 9.53 Å². The number of esters is 1. The van der Waals surface area contributed by atoms with Gasteiger partial charge in [0.1, 0.15) is 0 Å². The zero-order chi connectivity index (χ0) is 12.8. The number of carbonyl (C=O) groups is 2. The normalized spacial score (nSPS) is 19.5. The maximum Gasteiger partial charge on any atom is 0.411 e. The van der Waals surface area contributed by atoms with Gasteiger partial charge in [0.25, 0.3) is 0 Å². The first-order valence-electron chi connectivity index (χ1n) is 5.59. The lowest BCUT2D eigenvalue weighted by atomic mass is 9.90. The highest BCUT2D eigenvalue weighted by molar-refractivity contribution is 5.89. The molecule has 0 radical (unpaired) electrons. The minimum atomic E-state index is -1.05. The smallest absolute Gasteiger partial charge is 0.411 e. The van der Waals surface area contributed by atoms with E-state index in [0.717, 1.165) is 4.90 Å². The van der Waals surface area contributed by atoms with Gasteiger partial charge >= 0.3 is 12.1 Å². The number of rotatable bonds is 4. The minimum absolute atomic E-state index is 0.00199. The van der Waals surface area contributed by atoms with Crippen molar-refractivity contribution in [1.29, 1.82) is 0 Å².